The third-order valence-electron chi connectivity index (χ3n) is 6.08. The molecule has 0 unspecified atom stereocenters. The molecular weight excluding hydrogens is 510 g/mol. The number of aromatic nitrogens is 4. The number of anilines is 1. The molecule has 2 heterocycles. The third-order valence-corrected chi connectivity index (χ3v) is 7.22. The zero-order chi connectivity index (χ0) is 26.9. The highest BCUT2D eigenvalue weighted by Gasteiger charge is 2.32. The zero-order valence-electron chi connectivity index (χ0n) is 21.0. The van der Waals surface area contributed by atoms with Gasteiger partial charge in [0, 0.05) is 43.3 Å². The summed E-state index contributed by atoms with van der Waals surface area (Å²) in [7, 11) is 1.79. The average Bonchev–Trinajstić information content (AvgIpc) is 3.34. The number of benzene rings is 2. The summed E-state index contributed by atoms with van der Waals surface area (Å²) in [4.78, 5) is 23.0. The maximum atomic E-state index is 12.4. The Morgan fingerprint density at radius 1 is 1.11 bits per heavy atom. The van der Waals surface area contributed by atoms with E-state index in [0.717, 1.165) is 16.7 Å². The highest BCUT2D eigenvalue weighted by molar-refractivity contribution is 7.99. The first kappa shape index (κ1) is 27.7. The maximum absolute atomic E-state index is 12.4. The largest absolute Gasteiger partial charge is 0.481 e. The van der Waals surface area contributed by atoms with Crippen molar-refractivity contribution in [2.45, 2.75) is 62.4 Å². The summed E-state index contributed by atoms with van der Waals surface area (Å²) < 4.78 is 14.3. The van der Waals surface area contributed by atoms with E-state index in [4.69, 9.17) is 14.6 Å². The van der Waals surface area contributed by atoms with E-state index in [9.17, 15) is 14.7 Å². The van der Waals surface area contributed by atoms with Gasteiger partial charge in [0.2, 0.25) is 11.1 Å². The average molecular weight is 542 g/mol. The number of ether oxygens (including phenoxy) is 2. The summed E-state index contributed by atoms with van der Waals surface area (Å²) in [5, 5.41) is 33.3. The second-order valence-electron chi connectivity index (χ2n) is 9.02. The van der Waals surface area contributed by atoms with Crippen LogP contribution in [0.1, 0.15) is 61.2 Å². The number of carboxylic acids is 1. The summed E-state index contributed by atoms with van der Waals surface area (Å²) in [5.74, 6) is -0.420. The Morgan fingerprint density at radius 2 is 1.89 bits per heavy atom. The lowest BCUT2D eigenvalue weighted by Crippen LogP contribution is -2.31. The second-order valence-corrected chi connectivity index (χ2v) is 10.0. The zero-order valence-corrected chi connectivity index (χ0v) is 21.8. The molecule has 0 bridgehead atoms. The number of carbonyl (C=O) groups excluding carboxylic acids is 1. The van der Waals surface area contributed by atoms with Crippen molar-refractivity contribution < 1.29 is 29.3 Å². The summed E-state index contributed by atoms with van der Waals surface area (Å²) in [6, 6.07) is 15.0. The molecule has 3 aromatic rings. The predicted octanol–water partition coefficient (Wildman–Crippen LogP) is 3.62. The molecule has 38 heavy (non-hydrogen) atoms. The molecule has 0 spiro atoms. The van der Waals surface area contributed by atoms with E-state index in [1.807, 2.05) is 42.5 Å². The number of aryl methyl sites for hydroxylation is 1. The number of rotatable bonds is 12. The highest BCUT2D eigenvalue weighted by Crippen LogP contribution is 2.39. The fraction of sp³-hybridized carbons (Fsp3) is 0.423. The van der Waals surface area contributed by atoms with Crippen LogP contribution in [0.3, 0.4) is 0 Å². The Hall–Kier alpha value is -3.32. The molecule has 11 nitrogen and oxygen atoms in total. The molecule has 3 N–H and O–H groups in total. The first-order valence-electron chi connectivity index (χ1n) is 12.4. The van der Waals surface area contributed by atoms with Gasteiger partial charge < -0.3 is 25.0 Å². The fourth-order valence-electron chi connectivity index (χ4n) is 4.08. The van der Waals surface area contributed by atoms with Crippen molar-refractivity contribution in [1.29, 1.82) is 0 Å². The van der Waals surface area contributed by atoms with Gasteiger partial charge in [0.1, 0.15) is 0 Å². The van der Waals surface area contributed by atoms with Crippen LogP contribution in [0, 0.1) is 0 Å². The molecule has 1 aliphatic heterocycles. The molecule has 0 saturated carbocycles. The van der Waals surface area contributed by atoms with Crippen molar-refractivity contribution in [3.05, 3.63) is 65.2 Å². The van der Waals surface area contributed by atoms with Crippen molar-refractivity contribution in [1.82, 2.24) is 20.2 Å². The van der Waals surface area contributed by atoms with Crippen LogP contribution in [0.25, 0.3) is 0 Å². The number of thioether (sulfide) groups is 1. The van der Waals surface area contributed by atoms with Gasteiger partial charge in [-0.2, -0.15) is 0 Å². The van der Waals surface area contributed by atoms with E-state index >= 15 is 0 Å². The van der Waals surface area contributed by atoms with Gasteiger partial charge in [0.05, 0.1) is 18.8 Å². The van der Waals surface area contributed by atoms with Crippen LogP contribution in [0.15, 0.2) is 53.7 Å². The predicted molar refractivity (Wildman–Crippen MR) is 139 cm³/mol. The van der Waals surface area contributed by atoms with Gasteiger partial charge >= 0.3 is 5.97 Å². The minimum absolute atomic E-state index is 0.0272. The number of nitrogens with one attached hydrogen (secondary N) is 1. The highest BCUT2D eigenvalue weighted by atomic mass is 32.2. The Labute approximate surface area is 224 Å². The molecule has 0 radical (unpaired) electrons. The first-order chi connectivity index (χ1) is 18.4. The van der Waals surface area contributed by atoms with Crippen molar-refractivity contribution in [2.24, 2.45) is 7.05 Å². The number of hydrogen-bond donors (Lipinski definition) is 3. The van der Waals surface area contributed by atoms with Crippen molar-refractivity contribution in [3.63, 3.8) is 0 Å². The summed E-state index contributed by atoms with van der Waals surface area (Å²) in [6.45, 7) is -0.0272. The van der Waals surface area contributed by atoms with Gasteiger partial charge in [-0.25, -0.2) is 4.68 Å². The Kier molecular flexibility index (Phi) is 9.82. The van der Waals surface area contributed by atoms with Gasteiger partial charge in [-0.1, -0.05) is 48.2 Å². The summed E-state index contributed by atoms with van der Waals surface area (Å²) in [6.07, 6.45) is 0.816. The quantitative estimate of drug-likeness (QED) is 0.229. The number of aliphatic carboxylic acids is 1. The van der Waals surface area contributed by atoms with Crippen molar-refractivity contribution in [3.8, 4) is 0 Å². The molecule has 1 aromatic heterocycles. The molecule has 1 amide bonds. The maximum Gasteiger partial charge on any atom is 0.303 e. The number of hydrogen-bond acceptors (Lipinski definition) is 9. The molecule has 12 heteroatoms. The number of carbonyl (C=O) groups is 2. The van der Waals surface area contributed by atoms with E-state index < -0.39 is 12.3 Å². The number of aliphatic hydroxyl groups excluding tert-OH is 1. The van der Waals surface area contributed by atoms with Crippen LogP contribution in [0.5, 0.6) is 0 Å². The number of carboxylic acid groups (broad SMARTS) is 1. The smallest absolute Gasteiger partial charge is 0.303 e. The number of amides is 1. The lowest BCUT2D eigenvalue weighted by molar-refractivity contribution is -0.245. The van der Waals surface area contributed by atoms with Crippen LogP contribution in [-0.2, 0) is 32.7 Å². The van der Waals surface area contributed by atoms with Gasteiger partial charge in [-0.3, -0.25) is 9.59 Å². The Balaban J connectivity index is 1.45. The number of nitrogens with zero attached hydrogens (tertiary/aromatic N) is 4. The van der Waals surface area contributed by atoms with Crippen LogP contribution in [0.4, 0.5) is 5.69 Å². The minimum Gasteiger partial charge on any atom is -0.481 e. The van der Waals surface area contributed by atoms with E-state index in [-0.39, 0.29) is 37.6 Å². The standard InChI is InChI=1S/C26H31N5O6S/c1-31-26(28-29-30-31)38-16-21-14-22(18-11-9-17(15-32)10-12-18)37-25(36-21)19-5-4-6-20(13-19)27-23(33)7-2-3-8-24(34)35/h4-6,9-13,21-22,25,32H,2-3,7-8,14-16H2,1H3,(H,27,33)(H,34,35)/t21-,22+,25+/m0/s1. The summed E-state index contributed by atoms with van der Waals surface area (Å²) >= 11 is 1.50. The lowest BCUT2D eigenvalue weighted by atomic mass is 10.0. The molecule has 0 aliphatic carbocycles. The van der Waals surface area contributed by atoms with Crippen LogP contribution in [0.2, 0.25) is 0 Å². The van der Waals surface area contributed by atoms with Crippen LogP contribution in [-0.4, -0.2) is 54.2 Å². The Bertz CT molecular complexity index is 1220. The number of tetrazole rings is 1. The molecule has 3 atom stereocenters. The van der Waals surface area contributed by atoms with Crippen LogP contribution < -0.4 is 5.32 Å². The van der Waals surface area contributed by atoms with Gasteiger partial charge in [-0.15, -0.1) is 5.10 Å². The molecule has 1 aliphatic rings. The topological polar surface area (TPSA) is 149 Å². The van der Waals surface area contributed by atoms with Crippen molar-refractivity contribution >= 4 is 29.3 Å². The molecule has 1 fully saturated rings. The third kappa shape index (κ3) is 7.84. The first-order valence-corrected chi connectivity index (χ1v) is 13.4. The lowest BCUT2D eigenvalue weighted by Gasteiger charge is -2.36. The second kappa shape index (κ2) is 13.5. The number of aliphatic hydroxyl groups is 1. The molecule has 2 aromatic carbocycles. The Morgan fingerprint density at radius 3 is 2.61 bits per heavy atom. The molecular formula is C26H31N5O6S. The monoisotopic (exact) mass is 541 g/mol. The minimum atomic E-state index is -0.863. The summed E-state index contributed by atoms with van der Waals surface area (Å²) in [5.41, 5.74) is 3.19. The van der Waals surface area contributed by atoms with Gasteiger partial charge in [0.25, 0.3) is 0 Å². The van der Waals surface area contributed by atoms with E-state index in [1.165, 1.54) is 11.8 Å². The van der Waals surface area contributed by atoms with Crippen molar-refractivity contribution in [2.75, 3.05) is 11.1 Å². The number of unbranched alkanes of at least 4 members (excludes halogenated alkanes) is 1. The molecule has 4 rings (SSSR count). The molecule has 202 valence electrons. The molecule has 1 saturated heterocycles. The van der Waals surface area contributed by atoms with E-state index in [1.54, 1.807) is 17.8 Å². The van der Waals surface area contributed by atoms with E-state index in [0.29, 0.717) is 35.9 Å². The normalized spacial score (nSPS) is 19.3. The van der Waals surface area contributed by atoms with Crippen LogP contribution >= 0.6 is 11.8 Å². The fourth-order valence-corrected chi connectivity index (χ4v) is 4.95. The van der Waals surface area contributed by atoms with E-state index in [2.05, 4.69) is 20.8 Å². The SMILES string of the molecule is Cn1nnnc1SC[C@@H]1C[C@H](c2ccc(CO)cc2)O[C@H](c2cccc(NC(=O)CCCCC(=O)O)c2)O1. The van der Waals surface area contributed by atoms with Gasteiger partial charge in [0.15, 0.2) is 6.29 Å². The van der Waals surface area contributed by atoms with Gasteiger partial charge in [-0.05, 0) is 46.5 Å².